The number of benzene rings is 9. The van der Waals surface area contributed by atoms with Crippen LogP contribution in [0.5, 0.6) is 0 Å². The van der Waals surface area contributed by atoms with Crippen molar-refractivity contribution in [2.24, 2.45) is 0 Å². The third-order valence-corrected chi connectivity index (χ3v) is 13.9. The van der Waals surface area contributed by atoms with E-state index in [2.05, 4.69) is 216 Å². The van der Waals surface area contributed by atoms with Crippen LogP contribution in [0.4, 0.5) is 0 Å². The largest absolute Gasteiger partial charge is 0.309 e. The summed E-state index contributed by atoms with van der Waals surface area (Å²) in [5.41, 5.74) is 16.0. The van der Waals surface area contributed by atoms with Gasteiger partial charge in [-0.2, -0.15) is 0 Å². The van der Waals surface area contributed by atoms with Gasteiger partial charge in [0.1, 0.15) is 0 Å². The Balaban J connectivity index is 0.920. The normalized spacial score (nSPS) is 11.9. The predicted octanol–water partition coefficient (Wildman–Crippen LogP) is 16.6. The number of hydrogen-bond acceptors (Lipinski definition) is 1. The van der Waals surface area contributed by atoms with Crippen molar-refractivity contribution in [3.63, 3.8) is 0 Å². The maximum absolute atomic E-state index is 2.43. The lowest BCUT2D eigenvalue weighted by Gasteiger charge is -2.11. The second-order valence-electron chi connectivity index (χ2n) is 16.3. The molecule has 0 radical (unpaired) electrons. The number of aromatic nitrogens is 2. The Morgan fingerprint density at radius 3 is 1.52 bits per heavy atom. The van der Waals surface area contributed by atoms with Crippen LogP contribution in [0.15, 0.2) is 200 Å². The topological polar surface area (TPSA) is 9.86 Å². The molecule has 12 rings (SSSR count). The summed E-state index contributed by atoms with van der Waals surface area (Å²) in [4.78, 5) is 0. The molecular weight excluding hydrogens is 757 g/mol. The Labute approximate surface area is 359 Å². The molecule has 0 amide bonds. The van der Waals surface area contributed by atoms with Crippen LogP contribution in [0.25, 0.3) is 109 Å². The molecule has 3 aromatic heterocycles. The number of nitrogens with zero attached hydrogens (tertiary/aromatic N) is 2. The van der Waals surface area contributed by atoms with Crippen molar-refractivity contribution in [2.75, 3.05) is 0 Å². The van der Waals surface area contributed by atoms with Gasteiger partial charge in [-0.15, -0.1) is 11.3 Å². The van der Waals surface area contributed by atoms with Gasteiger partial charge in [0.25, 0.3) is 0 Å². The number of thiophene rings is 1. The average molecular weight is 799 g/mol. The minimum Gasteiger partial charge on any atom is -0.309 e. The van der Waals surface area contributed by atoms with Gasteiger partial charge in [-0.05, 0) is 125 Å². The Bertz CT molecular complexity index is 3600. The Hall–Kier alpha value is -7.20. The van der Waals surface area contributed by atoms with Gasteiger partial charge in [-0.25, -0.2) is 0 Å². The average Bonchev–Trinajstić information content (AvgIpc) is 3.98. The van der Waals surface area contributed by atoms with Gasteiger partial charge in [-0.3, -0.25) is 0 Å². The van der Waals surface area contributed by atoms with Crippen LogP contribution in [-0.4, -0.2) is 9.13 Å². The minimum absolute atomic E-state index is 1.14. The molecule has 0 N–H and O–H groups in total. The van der Waals surface area contributed by atoms with Gasteiger partial charge in [0.05, 0.1) is 22.1 Å². The maximum Gasteiger partial charge on any atom is 0.0541 e. The van der Waals surface area contributed by atoms with Crippen LogP contribution in [0.1, 0.15) is 25.3 Å². The highest BCUT2D eigenvalue weighted by Crippen LogP contribution is 2.42. The van der Waals surface area contributed by atoms with Gasteiger partial charge in [0, 0.05) is 53.1 Å². The third-order valence-electron chi connectivity index (χ3n) is 12.7. The zero-order valence-corrected chi connectivity index (χ0v) is 34.8. The molecule has 0 saturated heterocycles. The third kappa shape index (κ3) is 5.91. The number of unbranched alkanes of at least 4 members (excludes halogenated alkanes) is 1. The first-order chi connectivity index (χ1) is 30.2. The van der Waals surface area contributed by atoms with Crippen LogP contribution in [0, 0.1) is 0 Å². The molecular formula is C58H42N2S. The van der Waals surface area contributed by atoms with Crippen molar-refractivity contribution < 1.29 is 0 Å². The lowest BCUT2D eigenvalue weighted by Crippen LogP contribution is -1.94. The first-order valence-corrected chi connectivity index (χ1v) is 22.3. The summed E-state index contributed by atoms with van der Waals surface area (Å²) in [6, 6.07) is 74.2. The first-order valence-electron chi connectivity index (χ1n) is 21.5. The summed E-state index contributed by atoms with van der Waals surface area (Å²) < 4.78 is 7.55. The fourth-order valence-corrected chi connectivity index (χ4v) is 10.9. The Morgan fingerprint density at radius 1 is 0.377 bits per heavy atom. The number of fused-ring (bicyclic) bond motifs is 9. The van der Waals surface area contributed by atoms with Crippen LogP contribution in [-0.2, 0) is 6.42 Å². The molecule has 0 spiro atoms. The molecule has 0 aliphatic rings. The highest BCUT2D eigenvalue weighted by molar-refractivity contribution is 7.26. The fourth-order valence-electron chi connectivity index (χ4n) is 9.69. The molecule has 3 heterocycles. The SMILES string of the molecule is CCCCc1ccc2sc3c(-c4ccc(-n5c6ccccc6c6cc(-c7ccc8c(c7)c7ccccc7n8-c7ccc(-c8ccccc8)cc7)ccc65)cc4)cccc3c2c1. The first kappa shape index (κ1) is 35.7. The monoisotopic (exact) mass is 798 g/mol. The summed E-state index contributed by atoms with van der Waals surface area (Å²) in [7, 11) is 0. The highest BCUT2D eigenvalue weighted by Gasteiger charge is 2.17. The summed E-state index contributed by atoms with van der Waals surface area (Å²) >= 11 is 1.92. The molecule has 2 nitrogen and oxygen atoms in total. The molecule has 0 fully saturated rings. The van der Waals surface area contributed by atoms with Gasteiger partial charge in [-0.1, -0.05) is 141 Å². The molecule has 290 valence electrons. The molecule has 0 aliphatic heterocycles. The molecule has 0 aliphatic carbocycles. The zero-order chi connectivity index (χ0) is 40.4. The van der Waals surface area contributed by atoms with E-state index in [-0.39, 0.29) is 0 Å². The molecule has 0 unspecified atom stereocenters. The van der Waals surface area contributed by atoms with E-state index in [4.69, 9.17) is 0 Å². The van der Waals surface area contributed by atoms with E-state index >= 15 is 0 Å². The Kier molecular flexibility index (Phi) is 8.50. The van der Waals surface area contributed by atoms with E-state index < -0.39 is 0 Å². The molecule has 9 aromatic carbocycles. The maximum atomic E-state index is 2.43. The smallest absolute Gasteiger partial charge is 0.0541 e. The lowest BCUT2D eigenvalue weighted by molar-refractivity contribution is 0.796. The van der Waals surface area contributed by atoms with Crippen LogP contribution >= 0.6 is 11.3 Å². The molecule has 12 aromatic rings. The fraction of sp³-hybridized carbons (Fsp3) is 0.0690. The predicted molar refractivity (Wildman–Crippen MR) is 263 cm³/mol. The van der Waals surface area contributed by atoms with Crippen LogP contribution in [0.2, 0.25) is 0 Å². The van der Waals surface area contributed by atoms with Crippen molar-refractivity contribution in [2.45, 2.75) is 26.2 Å². The summed E-state index contributed by atoms with van der Waals surface area (Å²) in [6.45, 7) is 2.27. The van der Waals surface area contributed by atoms with E-state index in [1.54, 1.807) is 0 Å². The van der Waals surface area contributed by atoms with Crippen molar-refractivity contribution >= 4 is 75.1 Å². The Morgan fingerprint density at radius 2 is 0.902 bits per heavy atom. The number of rotatable bonds is 8. The number of aryl methyl sites for hydroxylation is 1. The summed E-state index contributed by atoms with van der Waals surface area (Å²) in [5.74, 6) is 0. The molecule has 61 heavy (non-hydrogen) atoms. The van der Waals surface area contributed by atoms with Gasteiger partial charge < -0.3 is 9.13 Å². The van der Waals surface area contributed by atoms with Crippen molar-refractivity contribution in [1.29, 1.82) is 0 Å². The molecule has 0 atom stereocenters. The van der Waals surface area contributed by atoms with E-state index in [1.807, 2.05) is 11.3 Å². The van der Waals surface area contributed by atoms with E-state index in [0.29, 0.717) is 0 Å². The van der Waals surface area contributed by atoms with Gasteiger partial charge in [0.2, 0.25) is 0 Å². The van der Waals surface area contributed by atoms with E-state index in [1.165, 1.54) is 116 Å². The van der Waals surface area contributed by atoms with Crippen molar-refractivity contribution in [3.05, 3.63) is 206 Å². The van der Waals surface area contributed by atoms with E-state index in [0.717, 1.165) is 17.8 Å². The summed E-state index contributed by atoms with van der Waals surface area (Å²) in [6.07, 6.45) is 3.59. The quantitative estimate of drug-likeness (QED) is 0.145. The molecule has 3 heteroatoms. The molecule has 0 saturated carbocycles. The number of hydrogen-bond donors (Lipinski definition) is 0. The van der Waals surface area contributed by atoms with Crippen LogP contribution in [0.3, 0.4) is 0 Å². The standard InChI is InChI=1S/C58H42N2S/c1-2-3-12-38-21-34-57-52(35-38)49-18-11-17-46(58(49)61-57)41-24-30-45(31-25-41)60-54-20-10-8-16-48(54)51-37-43(27-33-56(51)60)42-26-32-55-50(36-42)47-15-7-9-19-53(47)59(55)44-28-22-40(23-29-44)39-13-5-4-6-14-39/h4-11,13-37H,2-3,12H2,1H3. The van der Waals surface area contributed by atoms with Crippen LogP contribution < -0.4 is 0 Å². The van der Waals surface area contributed by atoms with Crippen molar-refractivity contribution in [1.82, 2.24) is 9.13 Å². The van der Waals surface area contributed by atoms with E-state index in [9.17, 15) is 0 Å². The minimum atomic E-state index is 1.14. The lowest BCUT2D eigenvalue weighted by atomic mass is 10.0. The zero-order valence-electron chi connectivity index (χ0n) is 34.0. The highest BCUT2D eigenvalue weighted by atomic mass is 32.1. The molecule has 0 bridgehead atoms. The summed E-state index contributed by atoms with van der Waals surface area (Å²) in [5, 5.41) is 7.77. The second kappa shape index (κ2) is 14.5. The van der Waals surface area contributed by atoms with Crippen molar-refractivity contribution in [3.8, 4) is 44.8 Å². The van der Waals surface area contributed by atoms with Gasteiger partial charge >= 0.3 is 0 Å². The number of para-hydroxylation sites is 2. The second-order valence-corrected chi connectivity index (χ2v) is 17.4. The van der Waals surface area contributed by atoms with Gasteiger partial charge in [0.15, 0.2) is 0 Å².